The Labute approximate surface area is 164 Å². The third-order valence-electron chi connectivity index (χ3n) is 4.67. The summed E-state index contributed by atoms with van der Waals surface area (Å²) in [6.45, 7) is 7.44. The highest BCUT2D eigenvalue weighted by Crippen LogP contribution is 2.15. The van der Waals surface area contributed by atoms with Crippen molar-refractivity contribution in [2.75, 3.05) is 0 Å². The van der Waals surface area contributed by atoms with Gasteiger partial charge >= 0.3 is 0 Å². The summed E-state index contributed by atoms with van der Waals surface area (Å²) < 4.78 is 3.27. The van der Waals surface area contributed by atoms with E-state index in [1.807, 2.05) is 43.7 Å². The Balaban J connectivity index is 1.71. The normalized spacial score (nSPS) is 10.8. The topological polar surface area (TPSA) is 81.8 Å². The highest BCUT2D eigenvalue weighted by atomic mass is 16.2. The van der Waals surface area contributed by atoms with E-state index in [-0.39, 0.29) is 17.2 Å². The third-order valence-corrected chi connectivity index (χ3v) is 4.67. The van der Waals surface area contributed by atoms with Gasteiger partial charge in [0.1, 0.15) is 5.69 Å². The molecule has 3 rings (SSSR count). The summed E-state index contributed by atoms with van der Waals surface area (Å²) in [5.41, 5.74) is 4.10. The molecule has 0 saturated heterocycles. The largest absolute Gasteiger partial charge is 0.346 e. The van der Waals surface area contributed by atoms with E-state index >= 15 is 0 Å². The molecule has 1 amide bonds. The van der Waals surface area contributed by atoms with Gasteiger partial charge in [-0.05, 0) is 31.9 Å². The van der Waals surface area contributed by atoms with Crippen molar-refractivity contribution in [2.45, 2.75) is 46.8 Å². The molecule has 1 N–H and O–H groups in total. The van der Waals surface area contributed by atoms with Gasteiger partial charge in [-0.25, -0.2) is 4.68 Å². The standard InChI is InChI=1S/C21H25N5O2/c1-4-12-25-20(27)11-10-19(24-25)21(28)22-13-18-15(2)23-26(16(18)3)14-17-8-6-5-7-9-17/h5-11H,4,12-14H2,1-3H3,(H,22,28). The molecule has 0 radical (unpaired) electrons. The first-order valence-corrected chi connectivity index (χ1v) is 9.42. The fourth-order valence-electron chi connectivity index (χ4n) is 3.10. The van der Waals surface area contributed by atoms with E-state index in [4.69, 9.17) is 0 Å². The number of benzene rings is 1. The second kappa shape index (κ2) is 8.65. The Morgan fingerprint density at radius 2 is 1.79 bits per heavy atom. The van der Waals surface area contributed by atoms with E-state index in [1.54, 1.807) is 0 Å². The molecule has 28 heavy (non-hydrogen) atoms. The summed E-state index contributed by atoms with van der Waals surface area (Å²) in [4.78, 5) is 24.3. The van der Waals surface area contributed by atoms with Crippen molar-refractivity contribution >= 4 is 5.91 Å². The minimum Gasteiger partial charge on any atom is -0.346 e. The summed E-state index contributed by atoms with van der Waals surface area (Å²) in [5.74, 6) is -0.306. The second-order valence-corrected chi connectivity index (χ2v) is 6.76. The first kappa shape index (κ1) is 19.5. The van der Waals surface area contributed by atoms with E-state index in [0.717, 1.165) is 23.4 Å². The number of carbonyl (C=O) groups is 1. The molecular formula is C21H25N5O2. The van der Waals surface area contributed by atoms with Gasteiger partial charge in [0.05, 0.1) is 12.2 Å². The van der Waals surface area contributed by atoms with Gasteiger partial charge in [-0.2, -0.15) is 10.2 Å². The second-order valence-electron chi connectivity index (χ2n) is 6.76. The Morgan fingerprint density at radius 3 is 2.50 bits per heavy atom. The maximum Gasteiger partial charge on any atom is 0.271 e. The fourth-order valence-corrected chi connectivity index (χ4v) is 3.10. The number of amides is 1. The van der Waals surface area contributed by atoms with Crippen LogP contribution >= 0.6 is 0 Å². The first-order chi connectivity index (χ1) is 13.5. The molecule has 0 saturated carbocycles. The lowest BCUT2D eigenvalue weighted by molar-refractivity contribution is 0.0943. The zero-order valence-corrected chi connectivity index (χ0v) is 16.5. The molecule has 2 aromatic heterocycles. The van der Waals surface area contributed by atoms with E-state index in [2.05, 4.69) is 27.6 Å². The van der Waals surface area contributed by atoms with Crippen LogP contribution in [-0.4, -0.2) is 25.5 Å². The van der Waals surface area contributed by atoms with E-state index in [9.17, 15) is 9.59 Å². The molecule has 0 unspecified atom stereocenters. The molecule has 0 aliphatic heterocycles. The number of carbonyl (C=O) groups excluding carboxylic acids is 1. The minimum absolute atomic E-state index is 0.202. The molecule has 7 nitrogen and oxygen atoms in total. The lowest BCUT2D eigenvalue weighted by atomic mass is 10.2. The number of aryl methyl sites for hydroxylation is 2. The highest BCUT2D eigenvalue weighted by molar-refractivity contribution is 5.91. The Hall–Kier alpha value is -3.22. The SMILES string of the molecule is CCCn1nc(C(=O)NCc2c(C)nn(Cc3ccccc3)c2C)ccc1=O. The van der Waals surface area contributed by atoms with E-state index < -0.39 is 0 Å². The molecule has 146 valence electrons. The van der Waals surface area contributed by atoms with Crippen LogP contribution in [0, 0.1) is 13.8 Å². The van der Waals surface area contributed by atoms with Gasteiger partial charge in [0.25, 0.3) is 11.5 Å². The molecule has 0 bridgehead atoms. The number of hydrogen-bond acceptors (Lipinski definition) is 4. The number of nitrogens with zero attached hydrogens (tertiary/aromatic N) is 4. The summed E-state index contributed by atoms with van der Waals surface area (Å²) in [5, 5.41) is 11.7. The Kier molecular flexibility index (Phi) is 6.03. The van der Waals surface area contributed by atoms with Crippen LogP contribution in [0.3, 0.4) is 0 Å². The van der Waals surface area contributed by atoms with E-state index in [0.29, 0.717) is 19.6 Å². The summed E-state index contributed by atoms with van der Waals surface area (Å²) >= 11 is 0. The van der Waals surface area contributed by atoms with Gasteiger partial charge in [-0.15, -0.1) is 0 Å². The van der Waals surface area contributed by atoms with Crippen LogP contribution in [-0.2, 0) is 19.6 Å². The monoisotopic (exact) mass is 379 g/mol. The molecule has 7 heteroatoms. The van der Waals surface area contributed by atoms with Crippen molar-refractivity contribution < 1.29 is 4.79 Å². The van der Waals surface area contributed by atoms with E-state index in [1.165, 1.54) is 22.4 Å². The molecule has 1 aromatic carbocycles. The van der Waals surface area contributed by atoms with Crippen molar-refractivity contribution in [3.05, 3.63) is 81.0 Å². The fraction of sp³-hybridized carbons (Fsp3) is 0.333. The van der Waals surface area contributed by atoms with Crippen LogP contribution in [0.1, 0.15) is 46.3 Å². The predicted molar refractivity (Wildman–Crippen MR) is 107 cm³/mol. The summed E-state index contributed by atoms with van der Waals surface area (Å²) in [7, 11) is 0. The van der Waals surface area contributed by atoms with Crippen molar-refractivity contribution in [1.29, 1.82) is 0 Å². The number of hydrogen-bond donors (Lipinski definition) is 1. The lowest BCUT2D eigenvalue weighted by Crippen LogP contribution is -2.29. The van der Waals surface area contributed by atoms with Crippen molar-refractivity contribution in [3.8, 4) is 0 Å². The molecule has 0 fully saturated rings. The quantitative estimate of drug-likeness (QED) is 0.684. The maximum absolute atomic E-state index is 12.5. The molecular weight excluding hydrogens is 354 g/mol. The lowest BCUT2D eigenvalue weighted by Gasteiger charge is -2.08. The molecule has 0 aliphatic rings. The smallest absolute Gasteiger partial charge is 0.271 e. The van der Waals surface area contributed by atoms with Crippen molar-refractivity contribution in [1.82, 2.24) is 24.9 Å². The molecule has 0 atom stereocenters. The minimum atomic E-state index is -0.306. The average Bonchev–Trinajstić information content (AvgIpc) is 2.95. The van der Waals surface area contributed by atoms with Crippen LogP contribution in [0.15, 0.2) is 47.3 Å². The first-order valence-electron chi connectivity index (χ1n) is 9.42. The highest BCUT2D eigenvalue weighted by Gasteiger charge is 2.15. The van der Waals surface area contributed by atoms with Crippen LogP contribution in [0.2, 0.25) is 0 Å². The van der Waals surface area contributed by atoms with Gasteiger partial charge in [-0.1, -0.05) is 37.3 Å². The number of rotatable bonds is 7. The van der Waals surface area contributed by atoms with Gasteiger partial charge < -0.3 is 5.32 Å². The summed E-state index contributed by atoms with van der Waals surface area (Å²) in [6.07, 6.45) is 0.775. The molecule has 0 aliphatic carbocycles. The van der Waals surface area contributed by atoms with Crippen LogP contribution in [0.4, 0.5) is 0 Å². The van der Waals surface area contributed by atoms with Gasteiger partial charge in [-0.3, -0.25) is 14.3 Å². The van der Waals surface area contributed by atoms with Crippen LogP contribution in [0.25, 0.3) is 0 Å². The van der Waals surface area contributed by atoms with Crippen LogP contribution < -0.4 is 10.9 Å². The molecule has 3 aromatic rings. The molecule has 2 heterocycles. The number of nitrogens with one attached hydrogen (secondary N) is 1. The van der Waals surface area contributed by atoms with Crippen molar-refractivity contribution in [2.24, 2.45) is 0 Å². The average molecular weight is 379 g/mol. The van der Waals surface area contributed by atoms with Gasteiger partial charge in [0.2, 0.25) is 0 Å². The zero-order valence-electron chi connectivity index (χ0n) is 16.5. The predicted octanol–water partition coefficient (Wildman–Crippen LogP) is 2.44. The Morgan fingerprint density at radius 1 is 1.04 bits per heavy atom. The van der Waals surface area contributed by atoms with Crippen molar-refractivity contribution in [3.63, 3.8) is 0 Å². The third kappa shape index (κ3) is 4.36. The zero-order chi connectivity index (χ0) is 20.1. The van der Waals surface area contributed by atoms with Gasteiger partial charge in [0, 0.05) is 30.4 Å². The number of aromatic nitrogens is 4. The van der Waals surface area contributed by atoms with Crippen LogP contribution in [0.5, 0.6) is 0 Å². The molecule has 0 spiro atoms. The maximum atomic E-state index is 12.5. The van der Waals surface area contributed by atoms with Gasteiger partial charge in [0.15, 0.2) is 0 Å². The summed E-state index contributed by atoms with van der Waals surface area (Å²) in [6, 6.07) is 13.0. The Bertz CT molecular complexity index is 1020.